The summed E-state index contributed by atoms with van der Waals surface area (Å²) in [6.07, 6.45) is 2.85. The SMILES string of the molecule is CCOc1ccc(/C=C/C(=O)NNC(=O)c2cccc(S(=O)(=O)N(C)C)c2)cc1. The lowest BCUT2D eigenvalue weighted by Gasteiger charge is -2.12. The van der Waals surface area contributed by atoms with E-state index in [-0.39, 0.29) is 10.5 Å². The minimum atomic E-state index is -3.66. The third kappa shape index (κ3) is 6.16. The number of carbonyl (C=O) groups is 2. The molecule has 0 aliphatic carbocycles. The molecule has 0 aliphatic rings. The summed E-state index contributed by atoms with van der Waals surface area (Å²) in [5, 5.41) is 0. The third-order valence-corrected chi connectivity index (χ3v) is 5.60. The summed E-state index contributed by atoms with van der Waals surface area (Å²) in [6, 6.07) is 12.7. The van der Waals surface area contributed by atoms with Gasteiger partial charge in [-0.2, -0.15) is 0 Å². The van der Waals surface area contributed by atoms with Crippen LogP contribution in [0.2, 0.25) is 0 Å². The minimum Gasteiger partial charge on any atom is -0.494 e. The predicted molar refractivity (Wildman–Crippen MR) is 110 cm³/mol. The highest BCUT2D eigenvalue weighted by Gasteiger charge is 2.18. The fraction of sp³-hybridized carbons (Fsp3) is 0.200. The number of amides is 2. The Morgan fingerprint density at radius 3 is 2.38 bits per heavy atom. The lowest BCUT2D eigenvalue weighted by Crippen LogP contribution is -2.40. The molecule has 8 nitrogen and oxygen atoms in total. The lowest BCUT2D eigenvalue weighted by molar-refractivity contribution is -0.117. The number of ether oxygens (including phenoxy) is 1. The maximum Gasteiger partial charge on any atom is 0.269 e. The first kappa shape index (κ1) is 22.1. The second-order valence-corrected chi connectivity index (χ2v) is 8.25. The Labute approximate surface area is 170 Å². The van der Waals surface area contributed by atoms with Crippen molar-refractivity contribution < 1.29 is 22.7 Å². The van der Waals surface area contributed by atoms with Crippen LogP contribution in [-0.2, 0) is 14.8 Å². The van der Waals surface area contributed by atoms with E-state index in [4.69, 9.17) is 4.74 Å². The van der Waals surface area contributed by atoms with Gasteiger partial charge in [-0.05, 0) is 48.9 Å². The second kappa shape index (κ2) is 9.85. The van der Waals surface area contributed by atoms with Crippen molar-refractivity contribution in [2.45, 2.75) is 11.8 Å². The van der Waals surface area contributed by atoms with Crippen molar-refractivity contribution in [3.05, 3.63) is 65.7 Å². The molecule has 2 N–H and O–H groups in total. The number of benzene rings is 2. The average Bonchev–Trinajstić information content (AvgIpc) is 2.71. The average molecular weight is 417 g/mol. The molecule has 154 valence electrons. The Morgan fingerprint density at radius 2 is 1.76 bits per heavy atom. The molecule has 9 heteroatoms. The van der Waals surface area contributed by atoms with Crippen LogP contribution in [0.15, 0.2) is 59.5 Å². The first-order valence-electron chi connectivity index (χ1n) is 8.78. The van der Waals surface area contributed by atoms with Gasteiger partial charge in [0.15, 0.2) is 0 Å². The van der Waals surface area contributed by atoms with Crippen molar-refractivity contribution >= 4 is 27.9 Å². The van der Waals surface area contributed by atoms with Crippen LogP contribution >= 0.6 is 0 Å². The standard InChI is InChI=1S/C20H23N3O5S/c1-4-28-17-11-8-15(9-12-17)10-13-19(24)21-22-20(25)16-6-5-7-18(14-16)29(26,27)23(2)3/h5-14H,4H2,1-3H3,(H,21,24)(H,22,25)/b13-10+. The van der Waals surface area contributed by atoms with Gasteiger partial charge in [0.1, 0.15) is 5.75 Å². The molecule has 0 radical (unpaired) electrons. The Bertz CT molecular complexity index is 999. The lowest BCUT2D eigenvalue weighted by atomic mass is 10.2. The summed E-state index contributed by atoms with van der Waals surface area (Å²) < 4.78 is 30.7. The monoisotopic (exact) mass is 417 g/mol. The summed E-state index contributed by atoms with van der Waals surface area (Å²) in [4.78, 5) is 24.1. The molecular formula is C20H23N3O5S. The van der Waals surface area contributed by atoms with E-state index < -0.39 is 21.8 Å². The van der Waals surface area contributed by atoms with Crippen LogP contribution < -0.4 is 15.6 Å². The second-order valence-electron chi connectivity index (χ2n) is 6.09. The van der Waals surface area contributed by atoms with Gasteiger partial charge in [-0.3, -0.25) is 20.4 Å². The molecule has 2 aromatic carbocycles. The fourth-order valence-electron chi connectivity index (χ4n) is 2.25. The van der Waals surface area contributed by atoms with Gasteiger partial charge in [-0.25, -0.2) is 12.7 Å². The minimum absolute atomic E-state index is 0.0168. The summed E-state index contributed by atoms with van der Waals surface area (Å²) in [6.45, 7) is 2.46. The van der Waals surface area contributed by atoms with E-state index >= 15 is 0 Å². The predicted octanol–water partition coefficient (Wildman–Crippen LogP) is 1.81. The molecule has 0 spiro atoms. The van der Waals surface area contributed by atoms with E-state index in [0.29, 0.717) is 6.61 Å². The molecule has 0 bridgehead atoms. The molecule has 29 heavy (non-hydrogen) atoms. The molecule has 2 rings (SSSR count). The maximum absolute atomic E-state index is 12.2. The quantitative estimate of drug-likeness (QED) is 0.528. The zero-order valence-electron chi connectivity index (χ0n) is 16.4. The Hall–Kier alpha value is -3.17. The number of hydrazine groups is 1. The molecule has 0 aromatic heterocycles. The molecule has 0 heterocycles. The van der Waals surface area contributed by atoms with Gasteiger partial charge < -0.3 is 4.74 Å². The van der Waals surface area contributed by atoms with Crippen LogP contribution in [0.4, 0.5) is 0 Å². The van der Waals surface area contributed by atoms with Gasteiger partial charge in [-0.15, -0.1) is 0 Å². The molecule has 0 saturated heterocycles. The van der Waals surface area contributed by atoms with Crippen LogP contribution in [-0.4, -0.2) is 45.2 Å². The van der Waals surface area contributed by atoms with E-state index in [1.54, 1.807) is 30.3 Å². The molecule has 0 atom stereocenters. The summed E-state index contributed by atoms with van der Waals surface area (Å²) in [5.41, 5.74) is 5.39. The first-order chi connectivity index (χ1) is 13.7. The van der Waals surface area contributed by atoms with Gasteiger partial charge in [0.2, 0.25) is 10.0 Å². The molecule has 0 aliphatic heterocycles. The zero-order chi connectivity index (χ0) is 21.4. The number of sulfonamides is 1. The van der Waals surface area contributed by atoms with Crippen molar-refractivity contribution in [3.8, 4) is 5.75 Å². The smallest absolute Gasteiger partial charge is 0.269 e. The van der Waals surface area contributed by atoms with Crippen LogP contribution in [0, 0.1) is 0 Å². The molecule has 2 aromatic rings. The van der Waals surface area contributed by atoms with E-state index in [0.717, 1.165) is 15.6 Å². The molecular weight excluding hydrogens is 394 g/mol. The number of hydrogen-bond acceptors (Lipinski definition) is 5. The maximum atomic E-state index is 12.2. The van der Waals surface area contributed by atoms with E-state index in [1.807, 2.05) is 6.92 Å². The topological polar surface area (TPSA) is 105 Å². The summed E-state index contributed by atoms with van der Waals surface area (Å²) in [7, 11) is -0.861. The van der Waals surface area contributed by atoms with Crippen LogP contribution in [0.1, 0.15) is 22.8 Å². The van der Waals surface area contributed by atoms with Crippen LogP contribution in [0.5, 0.6) is 5.75 Å². The number of hydrogen-bond donors (Lipinski definition) is 2. The Balaban J connectivity index is 1.95. The van der Waals surface area contributed by atoms with Gasteiger partial charge in [0, 0.05) is 25.7 Å². The van der Waals surface area contributed by atoms with Gasteiger partial charge >= 0.3 is 0 Å². The highest BCUT2D eigenvalue weighted by molar-refractivity contribution is 7.89. The van der Waals surface area contributed by atoms with E-state index in [9.17, 15) is 18.0 Å². The number of nitrogens with one attached hydrogen (secondary N) is 2. The van der Waals surface area contributed by atoms with Gasteiger partial charge in [0.25, 0.3) is 11.8 Å². The number of carbonyl (C=O) groups excluding carboxylic acids is 2. The largest absolute Gasteiger partial charge is 0.494 e. The third-order valence-electron chi connectivity index (χ3n) is 3.79. The fourth-order valence-corrected chi connectivity index (χ4v) is 3.20. The van der Waals surface area contributed by atoms with Crippen molar-refractivity contribution in [2.24, 2.45) is 0 Å². The Morgan fingerprint density at radius 1 is 1.07 bits per heavy atom. The molecule has 0 unspecified atom stereocenters. The van der Waals surface area contributed by atoms with Crippen LogP contribution in [0.25, 0.3) is 6.08 Å². The highest BCUT2D eigenvalue weighted by atomic mass is 32.2. The highest BCUT2D eigenvalue weighted by Crippen LogP contribution is 2.15. The van der Waals surface area contributed by atoms with E-state index in [2.05, 4.69) is 10.9 Å². The van der Waals surface area contributed by atoms with Crippen molar-refractivity contribution in [1.29, 1.82) is 0 Å². The van der Waals surface area contributed by atoms with Crippen molar-refractivity contribution in [1.82, 2.24) is 15.2 Å². The zero-order valence-corrected chi connectivity index (χ0v) is 17.2. The molecule has 0 saturated carbocycles. The first-order valence-corrected chi connectivity index (χ1v) is 10.2. The van der Waals surface area contributed by atoms with Crippen LogP contribution in [0.3, 0.4) is 0 Å². The molecule has 2 amide bonds. The van der Waals surface area contributed by atoms with E-state index in [1.165, 1.54) is 44.4 Å². The Kier molecular flexibility index (Phi) is 7.52. The van der Waals surface area contributed by atoms with Gasteiger partial charge in [0.05, 0.1) is 11.5 Å². The summed E-state index contributed by atoms with van der Waals surface area (Å²) >= 11 is 0. The number of rotatable bonds is 7. The summed E-state index contributed by atoms with van der Waals surface area (Å²) in [5.74, 6) is -0.437. The number of nitrogens with zero attached hydrogens (tertiary/aromatic N) is 1. The molecule has 0 fully saturated rings. The van der Waals surface area contributed by atoms with Gasteiger partial charge in [-0.1, -0.05) is 18.2 Å². The van der Waals surface area contributed by atoms with Crippen molar-refractivity contribution in [3.63, 3.8) is 0 Å². The normalized spacial score (nSPS) is 11.4. The van der Waals surface area contributed by atoms with Crippen molar-refractivity contribution in [2.75, 3.05) is 20.7 Å².